The molecule has 0 radical (unpaired) electrons. The van der Waals surface area contributed by atoms with Crippen molar-refractivity contribution in [1.29, 1.82) is 0 Å². The zero-order valence-electron chi connectivity index (χ0n) is 15.1. The predicted octanol–water partition coefficient (Wildman–Crippen LogP) is 4.43. The number of carbonyl (C=O) groups is 1. The van der Waals surface area contributed by atoms with Gasteiger partial charge in [-0.3, -0.25) is 9.59 Å². The van der Waals surface area contributed by atoms with Crippen LogP contribution in [0.5, 0.6) is 5.75 Å². The van der Waals surface area contributed by atoms with Crippen LogP contribution in [-0.2, 0) is 4.79 Å². The number of methoxy groups -OCH3 is 1. The lowest BCUT2D eigenvalue weighted by molar-refractivity contribution is -0.119. The van der Waals surface area contributed by atoms with E-state index in [0.717, 1.165) is 10.2 Å². The van der Waals surface area contributed by atoms with Crippen LogP contribution >= 0.6 is 23.2 Å². The largest absolute Gasteiger partial charge is 0.497 e. The Morgan fingerprint density at radius 1 is 1.11 bits per heavy atom. The Kier molecular flexibility index (Phi) is 6.02. The molecular weight excluding hydrogens is 401 g/mol. The number of aromatic nitrogens is 2. The quantitative estimate of drug-likeness (QED) is 0.666. The third-order valence-corrected chi connectivity index (χ3v) is 4.50. The van der Waals surface area contributed by atoms with Crippen LogP contribution in [0, 0.1) is 0 Å². The first-order chi connectivity index (χ1) is 13.4. The van der Waals surface area contributed by atoms with Crippen molar-refractivity contribution in [2.45, 2.75) is 13.0 Å². The summed E-state index contributed by atoms with van der Waals surface area (Å²) in [4.78, 5) is 24.9. The zero-order valence-corrected chi connectivity index (χ0v) is 16.7. The van der Waals surface area contributed by atoms with Crippen molar-refractivity contribution >= 4 is 34.8 Å². The van der Waals surface area contributed by atoms with Gasteiger partial charge in [-0.05, 0) is 43.3 Å². The maximum absolute atomic E-state index is 12.6. The molecule has 1 amide bonds. The Labute approximate surface area is 171 Å². The molecule has 0 saturated carbocycles. The highest BCUT2D eigenvalue weighted by Gasteiger charge is 2.19. The first-order valence-corrected chi connectivity index (χ1v) is 9.14. The third kappa shape index (κ3) is 4.52. The molecule has 3 aromatic rings. The first-order valence-electron chi connectivity index (χ1n) is 8.38. The Morgan fingerprint density at radius 3 is 2.50 bits per heavy atom. The number of anilines is 1. The molecule has 1 atom stereocenters. The minimum absolute atomic E-state index is 0.390. The molecule has 1 unspecified atom stereocenters. The molecule has 0 aliphatic carbocycles. The van der Waals surface area contributed by atoms with Crippen LogP contribution in [0.4, 0.5) is 5.69 Å². The van der Waals surface area contributed by atoms with Gasteiger partial charge >= 0.3 is 0 Å². The van der Waals surface area contributed by atoms with E-state index in [1.54, 1.807) is 44.4 Å². The SMILES string of the molecule is COc1cccc(-c2ccc(=O)n(C(C)C(=O)Nc3cc(Cl)cc(Cl)c3)n2)c1. The van der Waals surface area contributed by atoms with Crippen LogP contribution in [-0.4, -0.2) is 22.8 Å². The van der Waals surface area contributed by atoms with Crippen LogP contribution in [0.2, 0.25) is 10.0 Å². The Balaban J connectivity index is 1.89. The van der Waals surface area contributed by atoms with E-state index in [1.165, 1.54) is 6.07 Å². The summed E-state index contributed by atoms with van der Waals surface area (Å²) < 4.78 is 6.35. The fraction of sp³-hybridized carbons (Fsp3) is 0.150. The lowest BCUT2D eigenvalue weighted by Crippen LogP contribution is -2.33. The van der Waals surface area contributed by atoms with Crippen LogP contribution in [0.1, 0.15) is 13.0 Å². The van der Waals surface area contributed by atoms with E-state index in [0.29, 0.717) is 27.2 Å². The van der Waals surface area contributed by atoms with Gasteiger partial charge in [0.2, 0.25) is 5.91 Å². The normalized spacial score (nSPS) is 11.7. The molecule has 1 N–H and O–H groups in total. The lowest BCUT2D eigenvalue weighted by atomic mass is 10.1. The van der Waals surface area contributed by atoms with Gasteiger partial charge in [-0.1, -0.05) is 35.3 Å². The molecule has 0 aliphatic heterocycles. The van der Waals surface area contributed by atoms with Crippen molar-refractivity contribution in [1.82, 2.24) is 9.78 Å². The number of benzene rings is 2. The van der Waals surface area contributed by atoms with Gasteiger partial charge < -0.3 is 10.1 Å². The summed E-state index contributed by atoms with van der Waals surface area (Å²) in [6.07, 6.45) is 0. The molecule has 0 saturated heterocycles. The summed E-state index contributed by atoms with van der Waals surface area (Å²) >= 11 is 11.9. The summed E-state index contributed by atoms with van der Waals surface area (Å²) in [6, 6.07) is 14.1. The van der Waals surface area contributed by atoms with E-state index >= 15 is 0 Å². The van der Waals surface area contributed by atoms with Crippen molar-refractivity contribution in [3.05, 3.63) is 75.0 Å². The second-order valence-corrected chi connectivity index (χ2v) is 6.93. The molecular formula is C20H17Cl2N3O3. The van der Waals surface area contributed by atoms with Crippen molar-refractivity contribution in [2.75, 3.05) is 12.4 Å². The molecule has 0 bridgehead atoms. The van der Waals surface area contributed by atoms with Gasteiger partial charge in [0, 0.05) is 27.4 Å². The fourth-order valence-corrected chi connectivity index (χ4v) is 3.15. The van der Waals surface area contributed by atoms with Crippen molar-refractivity contribution in [2.24, 2.45) is 0 Å². The Bertz CT molecular complexity index is 1060. The van der Waals surface area contributed by atoms with E-state index in [2.05, 4.69) is 10.4 Å². The summed E-state index contributed by atoms with van der Waals surface area (Å²) in [5.41, 5.74) is 1.36. The summed E-state index contributed by atoms with van der Waals surface area (Å²) in [7, 11) is 1.57. The van der Waals surface area contributed by atoms with Gasteiger partial charge in [0.1, 0.15) is 11.8 Å². The van der Waals surface area contributed by atoms with Gasteiger partial charge in [0.25, 0.3) is 5.56 Å². The molecule has 0 spiro atoms. The number of nitrogens with one attached hydrogen (secondary N) is 1. The van der Waals surface area contributed by atoms with Gasteiger partial charge in [0.05, 0.1) is 12.8 Å². The van der Waals surface area contributed by atoms with Crippen molar-refractivity contribution < 1.29 is 9.53 Å². The minimum atomic E-state index is -0.851. The highest BCUT2D eigenvalue weighted by atomic mass is 35.5. The van der Waals surface area contributed by atoms with E-state index < -0.39 is 17.5 Å². The summed E-state index contributed by atoms with van der Waals surface area (Å²) in [5.74, 6) is 0.247. The number of ether oxygens (including phenoxy) is 1. The average Bonchev–Trinajstić information content (AvgIpc) is 2.67. The second-order valence-electron chi connectivity index (χ2n) is 6.06. The number of hydrogen-bond donors (Lipinski definition) is 1. The topological polar surface area (TPSA) is 73.2 Å². The lowest BCUT2D eigenvalue weighted by Gasteiger charge is -2.15. The van der Waals surface area contributed by atoms with Crippen LogP contribution < -0.4 is 15.6 Å². The van der Waals surface area contributed by atoms with E-state index in [1.807, 2.05) is 18.2 Å². The molecule has 6 nitrogen and oxygen atoms in total. The Morgan fingerprint density at radius 2 is 1.82 bits per heavy atom. The van der Waals surface area contributed by atoms with Crippen LogP contribution in [0.25, 0.3) is 11.3 Å². The number of hydrogen-bond acceptors (Lipinski definition) is 4. The minimum Gasteiger partial charge on any atom is -0.497 e. The first kappa shape index (κ1) is 19.9. The smallest absolute Gasteiger partial charge is 0.267 e. The molecule has 28 heavy (non-hydrogen) atoms. The number of carbonyl (C=O) groups excluding carboxylic acids is 1. The predicted molar refractivity (Wildman–Crippen MR) is 110 cm³/mol. The van der Waals surface area contributed by atoms with Crippen LogP contribution in [0.15, 0.2) is 59.4 Å². The van der Waals surface area contributed by atoms with E-state index in [9.17, 15) is 9.59 Å². The highest BCUT2D eigenvalue weighted by molar-refractivity contribution is 6.35. The highest BCUT2D eigenvalue weighted by Crippen LogP contribution is 2.24. The molecule has 0 fully saturated rings. The summed E-state index contributed by atoms with van der Waals surface area (Å²) in [5, 5.41) is 7.84. The number of amides is 1. The third-order valence-electron chi connectivity index (χ3n) is 4.07. The van der Waals surface area contributed by atoms with Crippen molar-refractivity contribution in [3.8, 4) is 17.0 Å². The molecule has 3 rings (SSSR count). The molecule has 144 valence electrons. The number of halogens is 2. The molecule has 0 aliphatic rings. The van der Waals surface area contributed by atoms with Gasteiger partial charge in [-0.25, -0.2) is 4.68 Å². The maximum atomic E-state index is 12.6. The van der Waals surface area contributed by atoms with Gasteiger partial charge in [-0.15, -0.1) is 0 Å². The second kappa shape index (κ2) is 8.46. The average molecular weight is 418 g/mol. The number of rotatable bonds is 5. The maximum Gasteiger partial charge on any atom is 0.267 e. The van der Waals surface area contributed by atoms with Crippen molar-refractivity contribution in [3.63, 3.8) is 0 Å². The zero-order chi connectivity index (χ0) is 20.3. The Hall–Kier alpha value is -2.83. The standard InChI is InChI=1S/C20H17Cl2N3O3/c1-12(20(27)23-16-10-14(21)9-15(22)11-16)25-19(26)7-6-18(24-25)13-4-3-5-17(8-13)28-2/h3-12H,1-2H3,(H,23,27). The molecule has 2 aromatic carbocycles. The number of nitrogens with zero attached hydrogens (tertiary/aromatic N) is 2. The summed E-state index contributed by atoms with van der Waals surface area (Å²) in [6.45, 7) is 1.59. The van der Waals surface area contributed by atoms with E-state index in [4.69, 9.17) is 27.9 Å². The van der Waals surface area contributed by atoms with Gasteiger partial charge in [-0.2, -0.15) is 5.10 Å². The van der Waals surface area contributed by atoms with E-state index in [-0.39, 0.29) is 0 Å². The van der Waals surface area contributed by atoms with Gasteiger partial charge in [0.15, 0.2) is 0 Å². The molecule has 1 aromatic heterocycles. The molecule has 8 heteroatoms. The van der Waals surface area contributed by atoms with Crippen LogP contribution in [0.3, 0.4) is 0 Å². The monoisotopic (exact) mass is 417 g/mol. The molecule has 1 heterocycles. The fourth-order valence-electron chi connectivity index (χ4n) is 2.62.